The molecule has 0 saturated carbocycles. The van der Waals surface area contributed by atoms with Gasteiger partial charge in [-0.15, -0.1) is 11.8 Å². The van der Waals surface area contributed by atoms with E-state index in [0.717, 1.165) is 16.9 Å². The summed E-state index contributed by atoms with van der Waals surface area (Å²) in [5.74, 6) is 0.633. The lowest BCUT2D eigenvalue weighted by atomic mass is 10.2. The Labute approximate surface area is 127 Å². The van der Waals surface area contributed by atoms with Crippen molar-refractivity contribution in [1.82, 2.24) is 9.55 Å². The molecule has 21 heavy (non-hydrogen) atoms. The van der Waals surface area contributed by atoms with E-state index in [2.05, 4.69) is 28.1 Å². The molecule has 4 nitrogen and oxygen atoms in total. The lowest BCUT2D eigenvalue weighted by Gasteiger charge is -2.08. The van der Waals surface area contributed by atoms with Crippen LogP contribution in [0.3, 0.4) is 0 Å². The summed E-state index contributed by atoms with van der Waals surface area (Å²) >= 11 is 1.71. The van der Waals surface area contributed by atoms with Gasteiger partial charge in [0.25, 0.3) is 0 Å². The number of benzene rings is 1. The van der Waals surface area contributed by atoms with Gasteiger partial charge in [-0.3, -0.25) is 0 Å². The maximum atomic E-state index is 6.01. The normalized spacial score (nSPS) is 11.0. The fourth-order valence-electron chi connectivity index (χ4n) is 2.42. The minimum atomic E-state index is 0.633. The van der Waals surface area contributed by atoms with Crippen LogP contribution in [0.15, 0.2) is 47.5 Å². The average molecular weight is 299 g/mol. The van der Waals surface area contributed by atoms with Crippen LogP contribution in [-0.2, 0) is 6.54 Å². The second-order valence-corrected chi connectivity index (χ2v) is 5.62. The van der Waals surface area contributed by atoms with Gasteiger partial charge in [0.05, 0.1) is 24.9 Å². The van der Waals surface area contributed by atoms with Crippen LogP contribution >= 0.6 is 11.8 Å². The van der Waals surface area contributed by atoms with E-state index in [0.29, 0.717) is 12.4 Å². The Bertz CT molecular complexity index is 782. The van der Waals surface area contributed by atoms with E-state index in [1.165, 1.54) is 10.3 Å². The highest BCUT2D eigenvalue weighted by molar-refractivity contribution is 7.98. The maximum absolute atomic E-state index is 6.01. The molecular formula is C16H17N3OS. The first-order valence-corrected chi connectivity index (χ1v) is 7.86. The van der Waals surface area contributed by atoms with Gasteiger partial charge in [0.1, 0.15) is 0 Å². The Hall–Kier alpha value is -2.14. The zero-order chi connectivity index (χ0) is 14.8. The summed E-state index contributed by atoms with van der Waals surface area (Å²) in [4.78, 5) is 5.66. The molecule has 0 atom stereocenters. The summed E-state index contributed by atoms with van der Waals surface area (Å²) in [6.07, 6.45) is 4.14. The van der Waals surface area contributed by atoms with Crippen LogP contribution in [0.2, 0.25) is 0 Å². The van der Waals surface area contributed by atoms with Crippen molar-refractivity contribution >= 4 is 28.4 Å². The molecular weight excluding hydrogens is 282 g/mol. The predicted molar refractivity (Wildman–Crippen MR) is 88.0 cm³/mol. The number of nitrogens with two attached hydrogens (primary N) is 1. The number of hydrogen-bond donors (Lipinski definition) is 1. The van der Waals surface area contributed by atoms with Crippen molar-refractivity contribution in [2.75, 3.05) is 19.1 Å². The first-order valence-electron chi connectivity index (χ1n) is 6.63. The lowest BCUT2D eigenvalue weighted by Crippen LogP contribution is -2.01. The zero-order valence-corrected chi connectivity index (χ0v) is 12.9. The number of ether oxygens (including phenoxy) is 1. The first-order chi connectivity index (χ1) is 10.2. The van der Waals surface area contributed by atoms with E-state index in [-0.39, 0.29) is 0 Å². The van der Waals surface area contributed by atoms with Crippen LogP contribution in [0.4, 0.5) is 5.69 Å². The van der Waals surface area contributed by atoms with Crippen LogP contribution in [0, 0.1) is 0 Å². The van der Waals surface area contributed by atoms with Gasteiger partial charge in [-0.25, -0.2) is 4.98 Å². The van der Waals surface area contributed by atoms with Crippen molar-refractivity contribution in [2.45, 2.75) is 11.4 Å². The third kappa shape index (κ3) is 2.69. The molecule has 0 spiro atoms. The van der Waals surface area contributed by atoms with Gasteiger partial charge in [-0.1, -0.05) is 6.07 Å². The molecule has 5 heteroatoms. The van der Waals surface area contributed by atoms with Crippen LogP contribution < -0.4 is 10.5 Å². The number of nitrogens with zero attached hydrogens (tertiary/aromatic N) is 2. The quantitative estimate of drug-likeness (QED) is 0.592. The van der Waals surface area contributed by atoms with E-state index >= 15 is 0 Å². The monoisotopic (exact) mass is 299 g/mol. The predicted octanol–water partition coefficient (Wildman–Crippen LogP) is 3.40. The number of hydrogen-bond acceptors (Lipinski definition) is 4. The molecule has 1 aromatic carbocycles. The second kappa shape index (κ2) is 5.69. The van der Waals surface area contributed by atoms with Crippen LogP contribution in [0.1, 0.15) is 5.69 Å². The second-order valence-electron chi connectivity index (χ2n) is 4.77. The maximum Gasteiger partial charge on any atom is 0.213 e. The van der Waals surface area contributed by atoms with Gasteiger partial charge in [-0.2, -0.15) is 0 Å². The van der Waals surface area contributed by atoms with Gasteiger partial charge in [0, 0.05) is 28.2 Å². The molecule has 2 heterocycles. The molecule has 0 aliphatic heterocycles. The fraction of sp³-hybridized carbons (Fsp3) is 0.188. The zero-order valence-electron chi connectivity index (χ0n) is 12.0. The Kier molecular flexibility index (Phi) is 3.75. The van der Waals surface area contributed by atoms with E-state index in [4.69, 9.17) is 10.5 Å². The standard InChI is InChI=1S/C16H17N3OS/c1-20-16-5-3-4-12(18-16)10-19-7-6-13-14(19)8-11(17)9-15(13)21-2/h3-9H,10,17H2,1-2H3. The van der Waals surface area contributed by atoms with E-state index in [1.807, 2.05) is 30.3 Å². The Morgan fingerprint density at radius 1 is 1.29 bits per heavy atom. The van der Waals surface area contributed by atoms with Crippen molar-refractivity contribution in [1.29, 1.82) is 0 Å². The SMILES string of the molecule is COc1cccc(Cn2ccc3c(SC)cc(N)cc32)n1. The number of anilines is 1. The molecule has 2 aromatic heterocycles. The molecule has 0 aliphatic rings. The Morgan fingerprint density at radius 2 is 2.14 bits per heavy atom. The van der Waals surface area contributed by atoms with Crippen molar-refractivity contribution in [3.8, 4) is 5.88 Å². The van der Waals surface area contributed by atoms with Crippen molar-refractivity contribution in [3.63, 3.8) is 0 Å². The number of fused-ring (bicyclic) bond motifs is 1. The Morgan fingerprint density at radius 3 is 2.90 bits per heavy atom. The van der Waals surface area contributed by atoms with Gasteiger partial charge in [0.2, 0.25) is 5.88 Å². The molecule has 0 aliphatic carbocycles. The van der Waals surface area contributed by atoms with Crippen LogP contribution in [0.5, 0.6) is 5.88 Å². The topological polar surface area (TPSA) is 53.1 Å². The van der Waals surface area contributed by atoms with Crippen molar-refractivity contribution < 1.29 is 4.74 Å². The minimum absolute atomic E-state index is 0.633. The summed E-state index contributed by atoms with van der Waals surface area (Å²) in [6.45, 7) is 0.692. The molecule has 3 aromatic rings. The van der Waals surface area contributed by atoms with E-state index in [9.17, 15) is 0 Å². The molecule has 0 unspecified atom stereocenters. The largest absolute Gasteiger partial charge is 0.481 e. The third-order valence-corrected chi connectivity index (χ3v) is 4.19. The van der Waals surface area contributed by atoms with Crippen LogP contribution in [-0.4, -0.2) is 22.9 Å². The molecule has 0 amide bonds. The number of nitrogen functional groups attached to an aromatic ring is 1. The molecule has 0 bridgehead atoms. The molecule has 108 valence electrons. The van der Waals surface area contributed by atoms with E-state index < -0.39 is 0 Å². The van der Waals surface area contributed by atoms with Crippen molar-refractivity contribution in [2.24, 2.45) is 0 Å². The molecule has 0 saturated heterocycles. The summed E-state index contributed by atoms with van der Waals surface area (Å²) in [5.41, 5.74) is 8.87. The van der Waals surface area contributed by atoms with Crippen molar-refractivity contribution in [3.05, 3.63) is 48.3 Å². The number of methoxy groups -OCH3 is 1. The van der Waals surface area contributed by atoms with E-state index in [1.54, 1.807) is 18.9 Å². The first kappa shape index (κ1) is 13.8. The van der Waals surface area contributed by atoms with Gasteiger partial charge < -0.3 is 15.0 Å². The smallest absolute Gasteiger partial charge is 0.213 e. The average Bonchev–Trinajstić information content (AvgIpc) is 2.89. The number of rotatable bonds is 4. The minimum Gasteiger partial charge on any atom is -0.481 e. The highest BCUT2D eigenvalue weighted by Gasteiger charge is 2.08. The Balaban J connectivity index is 2.02. The number of aromatic nitrogens is 2. The number of pyridine rings is 1. The molecule has 3 rings (SSSR count). The summed E-state index contributed by atoms with van der Waals surface area (Å²) in [6, 6.07) is 11.9. The fourth-order valence-corrected chi connectivity index (χ4v) is 3.07. The molecule has 2 N–H and O–H groups in total. The third-order valence-electron chi connectivity index (χ3n) is 3.42. The molecule has 0 fully saturated rings. The van der Waals surface area contributed by atoms with Gasteiger partial charge in [-0.05, 0) is 30.5 Å². The number of thioether (sulfide) groups is 1. The summed E-state index contributed by atoms with van der Waals surface area (Å²) < 4.78 is 7.33. The van der Waals surface area contributed by atoms with Gasteiger partial charge >= 0.3 is 0 Å². The lowest BCUT2D eigenvalue weighted by molar-refractivity contribution is 0.396. The highest BCUT2D eigenvalue weighted by Crippen LogP contribution is 2.30. The summed E-state index contributed by atoms with van der Waals surface area (Å²) in [5, 5.41) is 1.22. The van der Waals surface area contributed by atoms with Crippen LogP contribution in [0.25, 0.3) is 10.9 Å². The highest BCUT2D eigenvalue weighted by atomic mass is 32.2. The molecule has 0 radical (unpaired) electrons. The summed E-state index contributed by atoms with van der Waals surface area (Å²) in [7, 11) is 1.63. The van der Waals surface area contributed by atoms with Gasteiger partial charge in [0.15, 0.2) is 0 Å².